The number of likely N-dealkylation sites (tertiary alicyclic amines) is 1. The van der Waals surface area contributed by atoms with Gasteiger partial charge in [-0.2, -0.15) is 0 Å². The maximum atomic E-state index is 15.0. The molecule has 200 valence electrons. The quantitative estimate of drug-likeness (QED) is 0.393. The van der Waals surface area contributed by atoms with Crippen molar-refractivity contribution in [1.29, 1.82) is 0 Å². The molecule has 0 unspecified atom stereocenters. The van der Waals surface area contributed by atoms with Crippen molar-refractivity contribution >= 4 is 11.5 Å². The molecule has 0 atom stereocenters. The highest BCUT2D eigenvalue weighted by atomic mass is 19.1. The number of Topliss-reactive ketones (excluding diaryl/α,β-unsaturated/α-hetero) is 1. The first-order chi connectivity index (χ1) is 18.2. The Balaban J connectivity index is 1.45. The predicted molar refractivity (Wildman–Crippen MR) is 144 cm³/mol. The monoisotopic (exact) mass is 520 g/mol. The summed E-state index contributed by atoms with van der Waals surface area (Å²) in [5.74, 6) is -0.187. The van der Waals surface area contributed by atoms with Crippen LogP contribution in [-0.4, -0.2) is 60.0 Å². The molecule has 0 amide bonds. The van der Waals surface area contributed by atoms with Crippen LogP contribution in [-0.2, 0) is 6.42 Å². The molecular weight excluding hydrogens is 486 g/mol. The summed E-state index contributed by atoms with van der Waals surface area (Å²) in [7, 11) is 2.12. The second-order valence-electron chi connectivity index (χ2n) is 10.7. The number of carbonyl (C=O) groups excluding carboxylic acids is 1. The molecule has 3 aromatic rings. The first kappa shape index (κ1) is 26.2. The standard InChI is InChI=1S/C30H34F2N4O2/c1-18(2)36-11-12-38-30-25(31)15-22(16-27(30)36)29-26(32)17-33-28(34-29)14-20-5-6-23(24(13-20)19(3)37)21-7-9-35(4)10-8-21/h5-6,13,15-18,21H,7-12,14H2,1-4H3. The van der Waals surface area contributed by atoms with Crippen LogP contribution in [0.3, 0.4) is 0 Å². The van der Waals surface area contributed by atoms with Gasteiger partial charge in [0, 0.05) is 23.6 Å². The van der Waals surface area contributed by atoms with Crippen LogP contribution < -0.4 is 9.64 Å². The highest BCUT2D eigenvalue weighted by Crippen LogP contribution is 2.39. The highest BCUT2D eigenvalue weighted by Gasteiger charge is 2.26. The molecule has 38 heavy (non-hydrogen) atoms. The number of carbonyl (C=O) groups is 1. The van der Waals surface area contributed by atoms with Crippen molar-refractivity contribution in [2.24, 2.45) is 0 Å². The smallest absolute Gasteiger partial charge is 0.178 e. The van der Waals surface area contributed by atoms with E-state index >= 15 is 4.39 Å². The molecule has 0 bridgehead atoms. The fourth-order valence-electron chi connectivity index (χ4n) is 5.54. The van der Waals surface area contributed by atoms with Crippen molar-refractivity contribution in [2.75, 3.05) is 38.2 Å². The number of fused-ring (bicyclic) bond motifs is 1. The minimum Gasteiger partial charge on any atom is -0.486 e. The van der Waals surface area contributed by atoms with Gasteiger partial charge in [-0.3, -0.25) is 4.79 Å². The van der Waals surface area contributed by atoms with Crippen LogP contribution in [0, 0.1) is 11.6 Å². The summed E-state index contributed by atoms with van der Waals surface area (Å²) in [6.07, 6.45) is 3.51. The molecule has 1 saturated heterocycles. The molecule has 0 N–H and O–H groups in total. The van der Waals surface area contributed by atoms with E-state index in [1.165, 1.54) is 6.07 Å². The predicted octanol–water partition coefficient (Wildman–Crippen LogP) is 5.63. The minimum atomic E-state index is -0.622. The van der Waals surface area contributed by atoms with E-state index in [0.29, 0.717) is 42.6 Å². The van der Waals surface area contributed by atoms with Crippen LogP contribution in [0.4, 0.5) is 14.5 Å². The molecule has 8 heteroatoms. The molecule has 0 radical (unpaired) electrons. The topological polar surface area (TPSA) is 58.6 Å². The van der Waals surface area contributed by atoms with Gasteiger partial charge >= 0.3 is 0 Å². The molecule has 2 aliphatic rings. The minimum absolute atomic E-state index is 0.0305. The summed E-state index contributed by atoms with van der Waals surface area (Å²) in [6, 6.07) is 9.10. The number of aromatic nitrogens is 2. The molecular formula is C30H34F2N4O2. The van der Waals surface area contributed by atoms with Crippen molar-refractivity contribution in [1.82, 2.24) is 14.9 Å². The molecule has 2 aliphatic heterocycles. The van der Waals surface area contributed by atoms with E-state index in [9.17, 15) is 9.18 Å². The van der Waals surface area contributed by atoms with Gasteiger partial charge in [0.1, 0.15) is 18.1 Å². The van der Waals surface area contributed by atoms with E-state index in [4.69, 9.17) is 4.74 Å². The van der Waals surface area contributed by atoms with E-state index in [2.05, 4.69) is 21.9 Å². The lowest BCUT2D eigenvalue weighted by atomic mass is 9.84. The van der Waals surface area contributed by atoms with Gasteiger partial charge in [-0.25, -0.2) is 18.7 Å². The number of hydrogen-bond donors (Lipinski definition) is 0. The van der Waals surface area contributed by atoms with Crippen LogP contribution in [0.15, 0.2) is 36.5 Å². The Kier molecular flexibility index (Phi) is 7.43. The molecule has 1 fully saturated rings. The zero-order valence-corrected chi connectivity index (χ0v) is 22.4. The number of hydrogen-bond acceptors (Lipinski definition) is 6. The highest BCUT2D eigenvalue weighted by molar-refractivity contribution is 5.96. The number of halogens is 2. The molecule has 0 aliphatic carbocycles. The average Bonchev–Trinajstić information content (AvgIpc) is 2.90. The molecule has 5 rings (SSSR count). The number of ether oxygens (including phenoxy) is 1. The molecule has 3 heterocycles. The number of ketones is 1. The van der Waals surface area contributed by atoms with E-state index in [1.54, 1.807) is 13.0 Å². The van der Waals surface area contributed by atoms with Crippen LogP contribution in [0.25, 0.3) is 11.3 Å². The van der Waals surface area contributed by atoms with Gasteiger partial charge in [0.2, 0.25) is 0 Å². The van der Waals surface area contributed by atoms with Crippen LogP contribution in [0.5, 0.6) is 5.75 Å². The summed E-state index contributed by atoms with van der Waals surface area (Å²) >= 11 is 0. The van der Waals surface area contributed by atoms with Gasteiger partial charge in [-0.05, 0) is 89.0 Å². The maximum Gasteiger partial charge on any atom is 0.178 e. The second kappa shape index (κ2) is 10.8. The largest absolute Gasteiger partial charge is 0.486 e. The van der Waals surface area contributed by atoms with Crippen molar-refractivity contribution in [3.63, 3.8) is 0 Å². The van der Waals surface area contributed by atoms with E-state index in [-0.39, 0.29) is 23.3 Å². The van der Waals surface area contributed by atoms with Crippen LogP contribution >= 0.6 is 0 Å². The third kappa shape index (κ3) is 5.27. The average molecular weight is 521 g/mol. The van der Waals surface area contributed by atoms with E-state index in [1.807, 2.05) is 36.9 Å². The number of benzene rings is 2. The molecule has 0 spiro atoms. The summed E-state index contributed by atoms with van der Waals surface area (Å²) in [5, 5.41) is 0. The SMILES string of the molecule is CC(=O)c1cc(Cc2ncc(F)c(-c3cc(F)c4c(c3)N(C(C)C)CCO4)n2)ccc1C1CCN(C)CC1. The summed E-state index contributed by atoms with van der Waals surface area (Å²) in [4.78, 5) is 25.6. The van der Waals surface area contributed by atoms with Gasteiger partial charge in [0.25, 0.3) is 0 Å². The first-order valence-electron chi connectivity index (χ1n) is 13.3. The second-order valence-corrected chi connectivity index (χ2v) is 10.7. The van der Waals surface area contributed by atoms with Gasteiger partial charge in [0.15, 0.2) is 23.2 Å². The number of piperidine rings is 1. The van der Waals surface area contributed by atoms with Crippen molar-refractivity contribution in [2.45, 2.75) is 52.0 Å². The lowest BCUT2D eigenvalue weighted by Gasteiger charge is -2.34. The first-order valence-corrected chi connectivity index (χ1v) is 13.3. The van der Waals surface area contributed by atoms with Crippen molar-refractivity contribution < 1.29 is 18.3 Å². The Morgan fingerprint density at radius 2 is 1.87 bits per heavy atom. The van der Waals surface area contributed by atoms with Gasteiger partial charge in [-0.1, -0.05) is 12.1 Å². The molecule has 2 aromatic carbocycles. The summed E-state index contributed by atoms with van der Waals surface area (Å²) < 4.78 is 35.5. The molecule has 0 saturated carbocycles. The Hall–Kier alpha value is -3.39. The zero-order valence-electron chi connectivity index (χ0n) is 22.4. The lowest BCUT2D eigenvalue weighted by molar-refractivity contribution is 0.101. The molecule has 6 nitrogen and oxygen atoms in total. The van der Waals surface area contributed by atoms with Gasteiger partial charge < -0.3 is 14.5 Å². The Morgan fingerprint density at radius 3 is 2.58 bits per heavy atom. The number of rotatable bonds is 6. The number of nitrogens with zero attached hydrogens (tertiary/aromatic N) is 4. The normalized spacial score (nSPS) is 16.4. The molecule has 1 aromatic heterocycles. The Bertz CT molecular complexity index is 1350. The maximum absolute atomic E-state index is 15.0. The van der Waals surface area contributed by atoms with Gasteiger partial charge in [0.05, 0.1) is 18.4 Å². The van der Waals surface area contributed by atoms with Crippen molar-refractivity contribution in [3.8, 4) is 17.0 Å². The lowest BCUT2D eigenvalue weighted by Crippen LogP contribution is -2.38. The third-order valence-electron chi connectivity index (χ3n) is 7.62. The summed E-state index contributed by atoms with van der Waals surface area (Å²) in [6.45, 7) is 8.69. The fraction of sp³-hybridized carbons (Fsp3) is 0.433. The van der Waals surface area contributed by atoms with Crippen LogP contribution in [0.1, 0.15) is 66.8 Å². The Morgan fingerprint density at radius 1 is 1.11 bits per heavy atom. The van der Waals surface area contributed by atoms with Gasteiger partial charge in [-0.15, -0.1) is 0 Å². The zero-order chi connectivity index (χ0) is 27.0. The van der Waals surface area contributed by atoms with E-state index < -0.39 is 11.6 Å². The van der Waals surface area contributed by atoms with Crippen LogP contribution in [0.2, 0.25) is 0 Å². The number of anilines is 1. The fourth-order valence-corrected chi connectivity index (χ4v) is 5.54. The summed E-state index contributed by atoms with van der Waals surface area (Å²) in [5.41, 5.74) is 3.67. The third-order valence-corrected chi connectivity index (χ3v) is 7.62. The van der Waals surface area contributed by atoms with E-state index in [0.717, 1.165) is 48.8 Å². The Labute approximate surface area is 222 Å². The van der Waals surface area contributed by atoms with Crippen molar-refractivity contribution in [3.05, 3.63) is 70.7 Å².